The standard InChI is InChI=1S/C25H30N4O6S/c1-33-15-13-29(14-16-34-2)36(31,32)22-11-9-19(10-12-22)23(30)26-25-28-27-24(35-25)21-8-7-18-5-3-4-6-20(18)17-21/h7-12,17H,3-6,13-16H2,1-2H3,(H,26,28,30). The molecule has 2 aromatic carbocycles. The second-order valence-corrected chi connectivity index (χ2v) is 10.4. The van der Waals surface area contributed by atoms with E-state index in [0.717, 1.165) is 18.4 Å². The highest BCUT2D eigenvalue weighted by Gasteiger charge is 2.24. The predicted octanol–water partition coefficient (Wildman–Crippen LogP) is 3.15. The fraction of sp³-hybridized carbons (Fsp3) is 0.400. The zero-order valence-electron chi connectivity index (χ0n) is 20.4. The molecule has 1 amide bonds. The number of benzene rings is 2. The first kappa shape index (κ1) is 26.0. The van der Waals surface area contributed by atoms with E-state index in [9.17, 15) is 13.2 Å². The molecular formula is C25H30N4O6S. The normalized spacial score (nSPS) is 13.5. The molecule has 36 heavy (non-hydrogen) atoms. The lowest BCUT2D eigenvalue weighted by Gasteiger charge is -2.21. The molecule has 0 saturated heterocycles. The van der Waals surface area contributed by atoms with Crippen LogP contribution in [0, 0.1) is 0 Å². The Morgan fingerprint density at radius 1 is 0.972 bits per heavy atom. The van der Waals surface area contributed by atoms with Gasteiger partial charge in [0.05, 0.1) is 18.1 Å². The molecule has 0 radical (unpaired) electrons. The maximum atomic E-state index is 13.0. The third kappa shape index (κ3) is 5.98. The van der Waals surface area contributed by atoms with E-state index in [1.54, 1.807) is 0 Å². The molecule has 11 heteroatoms. The first-order valence-corrected chi connectivity index (χ1v) is 13.2. The number of nitrogens with one attached hydrogen (secondary N) is 1. The molecule has 0 unspecified atom stereocenters. The van der Waals surface area contributed by atoms with Gasteiger partial charge in [-0.2, -0.15) is 4.31 Å². The summed E-state index contributed by atoms with van der Waals surface area (Å²) in [5, 5.41) is 10.6. The van der Waals surface area contributed by atoms with Crippen molar-refractivity contribution in [1.29, 1.82) is 0 Å². The Kier molecular flexibility index (Phi) is 8.47. The Labute approximate surface area is 210 Å². The van der Waals surface area contributed by atoms with Gasteiger partial charge in [0.15, 0.2) is 0 Å². The fourth-order valence-corrected chi connectivity index (χ4v) is 5.50. The number of sulfonamides is 1. The molecule has 1 heterocycles. The first-order valence-electron chi connectivity index (χ1n) is 11.8. The molecule has 0 bridgehead atoms. The molecule has 192 valence electrons. The van der Waals surface area contributed by atoms with Crippen LogP contribution in [0.1, 0.15) is 34.3 Å². The summed E-state index contributed by atoms with van der Waals surface area (Å²) in [6.45, 7) is 0.879. The highest BCUT2D eigenvalue weighted by molar-refractivity contribution is 7.89. The summed E-state index contributed by atoms with van der Waals surface area (Å²) in [4.78, 5) is 12.8. The number of carbonyl (C=O) groups excluding carboxylic acids is 1. The highest BCUT2D eigenvalue weighted by Crippen LogP contribution is 2.27. The third-order valence-electron chi connectivity index (χ3n) is 6.08. The zero-order valence-corrected chi connectivity index (χ0v) is 21.2. The lowest BCUT2D eigenvalue weighted by atomic mass is 9.90. The molecule has 0 atom stereocenters. The van der Waals surface area contributed by atoms with E-state index >= 15 is 0 Å². The molecule has 1 N–H and O–H groups in total. The van der Waals surface area contributed by atoms with Gasteiger partial charge in [0, 0.05) is 38.4 Å². The van der Waals surface area contributed by atoms with Crippen molar-refractivity contribution in [1.82, 2.24) is 14.5 Å². The number of aryl methyl sites for hydroxylation is 2. The Balaban J connectivity index is 1.43. The molecule has 10 nitrogen and oxygen atoms in total. The van der Waals surface area contributed by atoms with Gasteiger partial charge in [0.1, 0.15) is 0 Å². The highest BCUT2D eigenvalue weighted by atomic mass is 32.2. The molecule has 0 fully saturated rings. The Morgan fingerprint density at radius 2 is 1.64 bits per heavy atom. The summed E-state index contributed by atoms with van der Waals surface area (Å²) in [7, 11) is -0.765. The summed E-state index contributed by atoms with van der Waals surface area (Å²) in [5.41, 5.74) is 3.71. The van der Waals surface area contributed by atoms with E-state index in [1.807, 2.05) is 6.07 Å². The van der Waals surface area contributed by atoms with E-state index in [0.29, 0.717) is 5.89 Å². The number of anilines is 1. The minimum atomic E-state index is -3.78. The number of aromatic nitrogens is 2. The van der Waals surface area contributed by atoms with E-state index in [2.05, 4.69) is 27.6 Å². The maximum absolute atomic E-state index is 13.0. The Hall–Kier alpha value is -3.12. The van der Waals surface area contributed by atoms with E-state index in [-0.39, 0.29) is 42.8 Å². The van der Waals surface area contributed by atoms with Crippen molar-refractivity contribution in [2.75, 3.05) is 45.8 Å². The zero-order chi connectivity index (χ0) is 25.5. The van der Waals surface area contributed by atoms with Gasteiger partial charge in [0.25, 0.3) is 5.91 Å². The minimum absolute atomic E-state index is 0.0327. The summed E-state index contributed by atoms with van der Waals surface area (Å²) in [5.74, 6) is -0.164. The van der Waals surface area contributed by atoms with Crippen LogP contribution in [-0.2, 0) is 32.3 Å². The van der Waals surface area contributed by atoms with Crippen molar-refractivity contribution in [2.24, 2.45) is 0 Å². The molecule has 0 saturated carbocycles. The molecule has 0 spiro atoms. The number of rotatable bonds is 11. The molecule has 1 aliphatic rings. The number of hydrogen-bond donors (Lipinski definition) is 1. The molecule has 4 rings (SSSR count). The van der Waals surface area contributed by atoms with Gasteiger partial charge < -0.3 is 13.9 Å². The van der Waals surface area contributed by atoms with Crippen LogP contribution in [-0.4, -0.2) is 69.4 Å². The van der Waals surface area contributed by atoms with Crippen LogP contribution in [0.3, 0.4) is 0 Å². The number of hydrogen-bond acceptors (Lipinski definition) is 8. The van der Waals surface area contributed by atoms with Crippen molar-refractivity contribution in [3.05, 3.63) is 59.2 Å². The van der Waals surface area contributed by atoms with Gasteiger partial charge in [-0.3, -0.25) is 10.1 Å². The molecule has 0 aliphatic heterocycles. The summed E-state index contributed by atoms with van der Waals surface area (Å²) < 4.78 is 43.0. The minimum Gasteiger partial charge on any atom is -0.403 e. The average Bonchev–Trinajstić information content (AvgIpc) is 3.37. The third-order valence-corrected chi connectivity index (χ3v) is 8.00. The number of ether oxygens (including phenoxy) is 2. The van der Waals surface area contributed by atoms with E-state index in [4.69, 9.17) is 13.9 Å². The monoisotopic (exact) mass is 514 g/mol. The van der Waals surface area contributed by atoms with E-state index in [1.165, 1.54) is 66.8 Å². The molecule has 1 aromatic heterocycles. The predicted molar refractivity (Wildman–Crippen MR) is 133 cm³/mol. The average molecular weight is 515 g/mol. The summed E-state index contributed by atoms with van der Waals surface area (Å²) >= 11 is 0. The van der Waals surface area contributed by atoms with Gasteiger partial charge in [-0.05, 0) is 73.2 Å². The number of amides is 1. The van der Waals surface area contributed by atoms with Crippen LogP contribution in [0.2, 0.25) is 0 Å². The Morgan fingerprint density at radius 3 is 2.31 bits per heavy atom. The van der Waals surface area contributed by atoms with Gasteiger partial charge in [0.2, 0.25) is 15.9 Å². The van der Waals surface area contributed by atoms with Crippen molar-refractivity contribution in [3.63, 3.8) is 0 Å². The first-order chi connectivity index (χ1) is 17.4. The van der Waals surface area contributed by atoms with E-state index < -0.39 is 15.9 Å². The van der Waals surface area contributed by atoms with Crippen molar-refractivity contribution < 1.29 is 27.1 Å². The second-order valence-electron chi connectivity index (χ2n) is 8.47. The lowest BCUT2D eigenvalue weighted by molar-refractivity contribution is 0.102. The van der Waals surface area contributed by atoms with Crippen molar-refractivity contribution >= 4 is 21.9 Å². The lowest BCUT2D eigenvalue weighted by Crippen LogP contribution is -2.36. The SMILES string of the molecule is COCCN(CCOC)S(=O)(=O)c1ccc(C(=O)Nc2nnc(-c3ccc4c(c3)CCCC4)o2)cc1. The van der Waals surface area contributed by atoms with Crippen LogP contribution in [0.25, 0.3) is 11.5 Å². The number of nitrogens with zero attached hydrogens (tertiary/aromatic N) is 3. The maximum Gasteiger partial charge on any atom is 0.322 e. The molecule has 3 aromatic rings. The van der Waals surface area contributed by atoms with Crippen LogP contribution >= 0.6 is 0 Å². The number of fused-ring (bicyclic) bond motifs is 1. The van der Waals surface area contributed by atoms with Crippen LogP contribution in [0.5, 0.6) is 0 Å². The quantitative estimate of drug-likeness (QED) is 0.414. The Bertz CT molecular complexity index is 1280. The van der Waals surface area contributed by atoms with Gasteiger partial charge in [-0.15, -0.1) is 5.10 Å². The smallest absolute Gasteiger partial charge is 0.322 e. The van der Waals surface area contributed by atoms with Gasteiger partial charge in [-0.1, -0.05) is 11.2 Å². The second kappa shape index (κ2) is 11.7. The van der Waals surface area contributed by atoms with Crippen LogP contribution in [0.15, 0.2) is 51.8 Å². The topological polar surface area (TPSA) is 124 Å². The van der Waals surface area contributed by atoms with Crippen LogP contribution in [0.4, 0.5) is 6.01 Å². The largest absolute Gasteiger partial charge is 0.403 e. The summed E-state index contributed by atoms with van der Waals surface area (Å²) in [6.07, 6.45) is 4.48. The fourth-order valence-electron chi connectivity index (χ4n) is 4.09. The van der Waals surface area contributed by atoms with Crippen molar-refractivity contribution in [2.45, 2.75) is 30.6 Å². The molecule has 1 aliphatic carbocycles. The van der Waals surface area contributed by atoms with Crippen LogP contribution < -0.4 is 5.32 Å². The van der Waals surface area contributed by atoms with Gasteiger partial charge in [-0.25, -0.2) is 8.42 Å². The summed E-state index contributed by atoms with van der Waals surface area (Å²) in [6, 6.07) is 11.7. The number of carbonyl (C=O) groups is 1. The molecular weight excluding hydrogens is 484 g/mol. The number of methoxy groups -OCH3 is 2. The van der Waals surface area contributed by atoms with Crippen molar-refractivity contribution in [3.8, 4) is 11.5 Å². The van der Waals surface area contributed by atoms with Gasteiger partial charge >= 0.3 is 6.01 Å².